The fourth-order valence-corrected chi connectivity index (χ4v) is 4.14. The molecule has 0 saturated heterocycles. The van der Waals surface area contributed by atoms with Crippen LogP contribution in [-0.4, -0.2) is 35.0 Å². The van der Waals surface area contributed by atoms with Crippen LogP contribution in [0.4, 0.5) is 5.69 Å². The monoisotopic (exact) mass is 347 g/mol. The maximum Gasteiger partial charge on any atom is 0.264 e. The Labute approximate surface area is 140 Å². The Balaban J connectivity index is 2.08. The summed E-state index contributed by atoms with van der Waals surface area (Å²) in [7, 11) is -0.768. The Morgan fingerprint density at radius 2 is 1.58 bits per heavy atom. The molecule has 0 radical (unpaired) electrons. The maximum atomic E-state index is 13.0. The number of hydrogen-bond acceptors (Lipinski definition) is 5. The van der Waals surface area contributed by atoms with Crippen molar-refractivity contribution in [1.29, 1.82) is 0 Å². The lowest BCUT2D eigenvalue weighted by molar-refractivity contribution is 0.0982. The fraction of sp³-hybridized carbons (Fsp3) is 0.235. The van der Waals surface area contributed by atoms with Crippen molar-refractivity contribution in [3.8, 4) is 11.5 Å². The van der Waals surface area contributed by atoms with E-state index in [4.69, 9.17) is 9.47 Å². The number of Topliss-reactive ketones (excluding diaryl/α,β-unsaturated/α-hetero) is 1. The Kier molecular flexibility index (Phi) is 4.19. The Morgan fingerprint density at radius 3 is 2.21 bits per heavy atom. The highest BCUT2D eigenvalue weighted by molar-refractivity contribution is 7.92. The first-order chi connectivity index (χ1) is 11.5. The van der Waals surface area contributed by atoms with E-state index in [2.05, 4.69) is 0 Å². The van der Waals surface area contributed by atoms with E-state index in [1.54, 1.807) is 30.3 Å². The van der Waals surface area contributed by atoms with Crippen LogP contribution in [0.3, 0.4) is 0 Å². The lowest BCUT2D eigenvalue weighted by Gasteiger charge is -2.30. The minimum atomic E-state index is -3.78. The first-order valence-corrected chi connectivity index (χ1v) is 8.79. The molecule has 0 fully saturated rings. The van der Waals surface area contributed by atoms with E-state index >= 15 is 0 Å². The number of rotatable bonds is 4. The van der Waals surface area contributed by atoms with Gasteiger partial charge in [-0.3, -0.25) is 9.10 Å². The number of ketones is 1. The van der Waals surface area contributed by atoms with Crippen molar-refractivity contribution in [3.05, 3.63) is 48.0 Å². The highest BCUT2D eigenvalue weighted by Gasteiger charge is 2.32. The summed E-state index contributed by atoms with van der Waals surface area (Å²) >= 11 is 0. The SMILES string of the molecule is COc1ccc(S(=O)(=O)N2CCC(=O)c3ccc(OC)cc32)cc1. The van der Waals surface area contributed by atoms with Gasteiger partial charge in [0.05, 0.1) is 24.8 Å². The van der Waals surface area contributed by atoms with E-state index in [-0.39, 0.29) is 23.6 Å². The zero-order valence-electron chi connectivity index (χ0n) is 13.4. The molecule has 0 amide bonds. The molecule has 0 aliphatic carbocycles. The fourth-order valence-electron chi connectivity index (χ4n) is 2.66. The summed E-state index contributed by atoms with van der Waals surface area (Å²) in [6, 6.07) is 11.0. The number of anilines is 1. The van der Waals surface area contributed by atoms with Gasteiger partial charge >= 0.3 is 0 Å². The summed E-state index contributed by atoms with van der Waals surface area (Å²) in [5.74, 6) is 0.997. The molecular weight excluding hydrogens is 330 g/mol. The van der Waals surface area contributed by atoms with Crippen molar-refractivity contribution < 1.29 is 22.7 Å². The minimum Gasteiger partial charge on any atom is -0.497 e. The van der Waals surface area contributed by atoms with Gasteiger partial charge in [-0.2, -0.15) is 0 Å². The van der Waals surface area contributed by atoms with Crippen molar-refractivity contribution >= 4 is 21.5 Å². The van der Waals surface area contributed by atoms with E-state index in [9.17, 15) is 13.2 Å². The standard InChI is InChI=1S/C17H17NO5S/c1-22-12-3-6-14(7-4-12)24(20,21)18-10-9-17(19)15-8-5-13(23-2)11-16(15)18/h3-8,11H,9-10H2,1-2H3. The van der Waals surface area contributed by atoms with E-state index in [1.807, 2.05) is 0 Å². The highest BCUT2D eigenvalue weighted by atomic mass is 32.2. The largest absolute Gasteiger partial charge is 0.497 e. The van der Waals surface area contributed by atoms with E-state index in [0.717, 1.165) is 0 Å². The molecule has 2 aromatic carbocycles. The average Bonchev–Trinajstić information content (AvgIpc) is 2.61. The molecule has 0 spiro atoms. The molecule has 0 bridgehead atoms. The Bertz CT molecular complexity index is 874. The molecule has 0 atom stereocenters. The predicted molar refractivity (Wildman–Crippen MR) is 89.5 cm³/mol. The van der Waals surface area contributed by atoms with Crippen LogP contribution in [0.1, 0.15) is 16.8 Å². The predicted octanol–water partition coefficient (Wildman–Crippen LogP) is 2.49. The van der Waals surface area contributed by atoms with Crippen LogP contribution < -0.4 is 13.8 Å². The van der Waals surface area contributed by atoms with Crippen molar-refractivity contribution in [2.24, 2.45) is 0 Å². The molecule has 2 aromatic rings. The van der Waals surface area contributed by atoms with E-state index in [1.165, 1.54) is 30.7 Å². The molecular formula is C17H17NO5S. The van der Waals surface area contributed by atoms with Crippen molar-refractivity contribution in [3.63, 3.8) is 0 Å². The van der Waals surface area contributed by atoms with Crippen molar-refractivity contribution in [2.45, 2.75) is 11.3 Å². The first kappa shape index (κ1) is 16.3. The van der Waals surface area contributed by atoms with Gasteiger partial charge in [0.2, 0.25) is 0 Å². The summed E-state index contributed by atoms with van der Waals surface area (Å²) in [4.78, 5) is 12.2. The van der Waals surface area contributed by atoms with E-state index in [0.29, 0.717) is 22.7 Å². The number of sulfonamides is 1. The van der Waals surface area contributed by atoms with Crippen LogP contribution in [0.25, 0.3) is 0 Å². The number of methoxy groups -OCH3 is 2. The van der Waals surface area contributed by atoms with Crippen LogP contribution in [-0.2, 0) is 10.0 Å². The molecule has 0 unspecified atom stereocenters. The highest BCUT2D eigenvalue weighted by Crippen LogP contribution is 2.35. The molecule has 1 aliphatic heterocycles. The van der Waals surface area contributed by atoms with Crippen molar-refractivity contribution in [1.82, 2.24) is 0 Å². The number of benzene rings is 2. The van der Waals surface area contributed by atoms with Gasteiger partial charge in [-0.05, 0) is 36.4 Å². The Morgan fingerprint density at radius 1 is 0.958 bits per heavy atom. The lowest BCUT2D eigenvalue weighted by Crippen LogP contribution is -2.37. The molecule has 0 N–H and O–H groups in total. The third-order valence-electron chi connectivity index (χ3n) is 3.96. The summed E-state index contributed by atoms with van der Waals surface area (Å²) in [6.07, 6.45) is 0.148. The van der Waals surface area contributed by atoms with Gasteiger partial charge in [-0.1, -0.05) is 0 Å². The van der Waals surface area contributed by atoms with E-state index < -0.39 is 10.0 Å². The van der Waals surface area contributed by atoms with Crippen LogP contribution >= 0.6 is 0 Å². The molecule has 24 heavy (non-hydrogen) atoms. The zero-order chi connectivity index (χ0) is 17.3. The molecule has 0 aromatic heterocycles. The second-order valence-electron chi connectivity index (χ2n) is 5.31. The van der Waals surface area contributed by atoms with Gasteiger partial charge in [-0.15, -0.1) is 0 Å². The summed E-state index contributed by atoms with van der Waals surface area (Å²) < 4.78 is 37.5. The molecule has 126 valence electrons. The van der Waals surface area contributed by atoms with Crippen LogP contribution in [0, 0.1) is 0 Å². The molecule has 1 aliphatic rings. The molecule has 1 heterocycles. The molecule has 3 rings (SSSR count). The van der Waals surface area contributed by atoms with Crippen LogP contribution in [0.2, 0.25) is 0 Å². The molecule has 6 nitrogen and oxygen atoms in total. The van der Waals surface area contributed by atoms with Gasteiger partial charge in [0.15, 0.2) is 5.78 Å². The summed E-state index contributed by atoms with van der Waals surface area (Å²) in [5.41, 5.74) is 0.737. The quantitative estimate of drug-likeness (QED) is 0.849. The minimum absolute atomic E-state index is 0.0752. The van der Waals surface area contributed by atoms with Gasteiger partial charge in [0.25, 0.3) is 10.0 Å². The smallest absolute Gasteiger partial charge is 0.264 e. The molecule has 0 saturated carbocycles. The number of fused-ring (bicyclic) bond motifs is 1. The second kappa shape index (κ2) is 6.16. The summed E-state index contributed by atoms with van der Waals surface area (Å²) in [6.45, 7) is 0.105. The average molecular weight is 347 g/mol. The number of ether oxygens (including phenoxy) is 2. The topological polar surface area (TPSA) is 72.9 Å². The second-order valence-corrected chi connectivity index (χ2v) is 7.17. The van der Waals surface area contributed by atoms with Crippen molar-refractivity contribution in [2.75, 3.05) is 25.1 Å². The number of nitrogens with zero attached hydrogens (tertiary/aromatic N) is 1. The third kappa shape index (κ3) is 2.71. The normalized spacial score (nSPS) is 14.2. The van der Waals surface area contributed by atoms with Gasteiger partial charge in [0.1, 0.15) is 11.5 Å². The van der Waals surface area contributed by atoms with Gasteiger partial charge in [-0.25, -0.2) is 8.42 Å². The zero-order valence-corrected chi connectivity index (χ0v) is 14.2. The van der Waals surface area contributed by atoms with Crippen LogP contribution in [0.5, 0.6) is 11.5 Å². The van der Waals surface area contributed by atoms with Gasteiger partial charge in [0, 0.05) is 24.6 Å². The van der Waals surface area contributed by atoms with Gasteiger partial charge < -0.3 is 9.47 Å². The Hall–Kier alpha value is -2.54. The first-order valence-electron chi connectivity index (χ1n) is 7.35. The number of carbonyl (C=O) groups excluding carboxylic acids is 1. The third-order valence-corrected chi connectivity index (χ3v) is 5.79. The summed E-state index contributed by atoms with van der Waals surface area (Å²) in [5, 5.41) is 0. The number of hydrogen-bond donors (Lipinski definition) is 0. The van der Waals surface area contributed by atoms with Crippen LogP contribution in [0.15, 0.2) is 47.4 Å². The lowest BCUT2D eigenvalue weighted by atomic mass is 10.0. The maximum absolute atomic E-state index is 13.0. The molecule has 7 heteroatoms. The number of carbonyl (C=O) groups is 1.